The molecule has 78 valence electrons. The highest BCUT2D eigenvalue weighted by atomic mass is 35.5. The molecule has 0 bridgehead atoms. The molecule has 0 saturated heterocycles. The van der Waals surface area contributed by atoms with E-state index in [4.69, 9.17) is 16.7 Å². The highest BCUT2D eigenvalue weighted by molar-refractivity contribution is 6.32. The van der Waals surface area contributed by atoms with Gasteiger partial charge in [-0.25, -0.2) is 0 Å². The summed E-state index contributed by atoms with van der Waals surface area (Å²) in [4.78, 5) is 0. The summed E-state index contributed by atoms with van der Waals surface area (Å²) in [5.41, 5.74) is -1.01. The van der Waals surface area contributed by atoms with Crippen LogP contribution < -0.4 is 4.74 Å². The van der Waals surface area contributed by atoms with Crippen molar-refractivity contribution in [2.45, 2.75) is 6.18 Å². The number of ether oxygens (including phenoxy) is 1. The van der Waals surface area contributed by atoms with Crippen LogP contribution in [0.2, 0.25) is 5.02 Å². The van der Waals surface area contributed by atoms with Gasteiger partial charge in [0.05, 0.1) is 17.7 Å². The normalized spacial score (nSPS) is 11.5. The molecule has 1 rings (SSSR count). The third-order valence-electron chi connectivity index (χ3n) is 1.56. The van der Waals surface area contributed by atoms with E-state index in [1.165, 1.54) is 7.11 Å². The molecular formula is C8H6ClF3O2. The third kappa shape index (κ3) is 2.04. The predicted molar refractivity (Wildman–Crippen MR) is 44.7 cm³/mol. The van der Waals surface area contributed by atoms with Crippen LogP contribution in [0.25, 0.3) is 0 Å². The van der Waals surface area contributed by atoms with Gasteiger partial charge in [0.2, 0.25) is 0 Å². The van der Waals surface area contributed by atoms with Gasteiger partial charge in [0, 0.05) is 0 Å². The van der Waals surface area contributed by atoms with Crippen LogP contribution in [0.15, 0.2) is 12.1 Å². The molecule has 0 amide bonds. The summed E-state index contributed by atoms with van der Waals surface area (Å²) in [6, 6.07) is 1.25. The quantitative estimate of drug-likeness (QED) is 0.797. The Bertz CT molecular complexity index is 326. The number of alkyl halides is 3. The zero-order valence-electron chi connectivity index (χ0n) is 7.02. The van der Waals surface area contributed by atoms with Gasteiger partial charge in [0.25, 0.3) is 0 Å². The molecule has 0 aliphatic rings. The van der Waals surface area contributed by atoms with Gasteiger partial charge in [0.15, 0.2) is 11.5 Å². The Labute approximate surface area is 82.9 Å². The lowest BCUT2D eigenvalue weighted by Gasteiger charge is -2.10. The van der Waals surface area contributed by atoms with Gasteiger partial charge in [-0.2, -0.15) is 13.2 Å². The van der Waals surface area contributed by atoms with Gasteiger partial charge >= 0.3 is 6.18 Å². The zero-order chi connectivity index (χ0) is 10.9. The standard InChI is InChI=1S/C8H6ClF3O2/c1-14-7-5(9)2-4(3-6(7)13)8(10,11)12/h2-3,13H,1H3. The fourth-order valence-corrected chi connectivity index (χ4v) is 1.24. The minimum atomic E-state index is -4.53. The lowest BCUT2D eigenvalue weighted by atomic mass is 10.2. The molecular weight excluding hydrogens is 221 g/mol. The summed E-state index contributed by atoms with van der Waals surface area (Å²) in [7, 11) is 1.20. The van der Waals surface area contributed by atoms with Crippen molar-refractivity contribution in [2.75, 3.05) is 7.11 Å². The van der Waals surface area contributed by atoms with Crippen molar-refractivity contribution in [3.8, 4) is 11.5 Å². The van der Waals surface area contributed by atoms with Gasteiger partial charge < -0.3 is 9.84 Å². The SMILES string of the molecule is COc1c(O)cc(C(F)(F)F)cc1Cl. The van der Waals surface area contributed by atoms with E-state index in [0.29, 0.717) is 12.1 Å². The van der Waals surface area contributed by atoms with E-state index in [9.17, 15) is 13.2 Å². The van der Waals surface area contributed by atoms with Crippen molar-refractivity contribution in [3.05, 3.63) is 22.7 Å². The van der Waals surface area contributed by atoms with Crippen LogP contribution in [-0.2, 0) is 6.18 Å². The molecule has 2 nitrogen and oxygen atoms in total. The number of benzene rings is 1. The monoisotopic (exact) mass is 226 g/mol. The number of phenolic OH excluding ortho intramolecular Hbond substituents is 1. The number of hydrogen-bond donors (Lipinski definition) is 1. The van der Waals surface area contributed by atoms with Crippen LogP contribution in [-0.4, -0.2) is 12.2 Å². The second-order valence-electron chi connectivity index (χ2n) is 2.51. The molecule has 0 heterocycles. The van der Waals surface area contributed by atoms with E-state index < -0.39 is 17.5 Å². The average Bonchev–Trinajstić information content (AvgIpc) is 2.01. The van der Waals surface area contributed by atoms with Crippen LogP contribution in [0.1, 0.15) is 5.56 Å². The molecule has 0 aliphatic heterocycles. The minimum Gasteiger partial charge on any atom is -0.504 e. The van der Waals surface area contributed by atoms with Crippen molar-refractivity contribution in [2.24, 2.45) is 0 Å². The van der Waals surface area contributed by atoms with Gasteiger partial charge in [-0.1, -0.05) is 11.6 Å². The molecule has 0 radical (unpaired) electrons. The van der Waals surface area contributed by atoms with Crippen molar-refractivity contribution in [3.63, 3.8) is 0 Å². The number of hydrogen-bond acceptors (Lipinski definition) is 2. The van der Waals surface area contributed by atoms with Crippen molar-refractivity contribution in [1.29, 1.82) is 0 Å². The summed E-state index contributed by atoms with van der Waals surface area (Å²) in [5.74, 6) is -0.799. The first-order valence-electron chi connectivity index (χ1n) is 3.50. The number of rotatable bonds is 1. The maximum absolute atomic E-state index is 12.2. The highest BCUT2D eigenvalue weighted by Crippen LogP contribution is 2.40. The lowest BCUT2D eigenvalue weighted by molar-refractivity contribution is -0.137. The summed E-state index contributed by atoms with van der Waals surface area (Å²) < 4.78 is 41.1. The van der Waals surface area contributed by atoms with Crippen LogP contribution in [0.3, 0.4) is 0 Å². The largest absolute Gasteiger partial charge is 0.504 e. The number of phenols is 1. The fourth-order valence-electron chi connectivity index (χ4n) is 0.945. The minimum absolute atomic E-state index is 0.167. The predicted octanol–water partition coefficient (Wildman–Crippen LogP) is 3.07. The van der Waals surface area contributed by atoms with Crippen molar-refractivity contribution < 1.29 is 23.0 Å². The van der Waals surface area contributed by atoms with Gasteiger partial charge in [0.1, 0.15) is 0 Å². The second-order valence-corrected chi connectivity index (χ2v) is 2.92. The Hall–Kier alpha value is -1.10. The lowest BCUT2D eigenvalue weighted by Crippen LogP contribution is -2.04. The first kappa shape index (κ1) is 11.0. The molecule has 0 aromatic heterocycles. The molecule has 14 heavy (non-hydrogen) atoms. The first-order valence-corrected chi connectivity index (χ1v) is 3.87. The van der Waals surface area contributed by atoms with Gasteiger partial charge in [-0.3, -0.25) is 0 Å². The molecule has 0 fully saturated rings. The Morgan fingerprint density at radius 3 is 2.29 bits per heavy atom. The molecule has 0 atom stereocenters. The van der Waals surface area contributed by atoms with Crippen molar-refractivity contribution >= 4 is 11.6 Å². The maximum Gasteiger partial charge on any atom is 0.416 e. The van der Waals surface area contributed by atoms with E-state index in [1.54, 1.807) is 0 Å². The zero-order valence-corrected chi connectivity index (χ0v) is 7.78. The van der Waals surface area contributed by atoms with E-state index in [-0.39, 0.29) is 10.8 Å². The van der Waals surface area contributed by atoms with Gasteiger partial charge in [-0.05, 0) is 12.1 Å². The van der Waals surface area contributed by atoms with Crippen LogP contribution >= 0.6 is 11.6 Å². The molecule has 0 saturated carbocycles. The number of methoxy groups -OCH3 is 1. The molecule has 0 unspecified atom stereocenters. The number of aromatic hydroxyl groups is 1. The van der Waals surface area contributed by atoms with Gasteiger partial charge in [-0.15, -0.1) is 0 Å². The third-order valence-corrected chi connectivity index (χ3v) is 1.84. The molecule has 1 aromatic carbocycles. The molecule has 1 aromatic rings. The second kappa shape index (κ2) is 3.57. The molecule has 1 N–H and O–H groups in total. The van der Waals surface area contributed by atoms with Crippen LogP contribution in [0.4, 0.5) is 13.2 Å². The van der Waals surface area contributed by atoms with E-state index >= 15 is 0 Å². The van der Waals surface area contributed by atoms with Crippen LogP contribution in [0, 0.1) is 0 Å². The first-order chi connectivity index (χ1) is 6.36. The molecule has 0 aliphatic carbocycles. The fraction of sp³-hybridized carbons (Fsp3) is 0.250. The summed E-state index contributed by atoms with van der Waals surface area (Å²) in [6.45, 7) is 0. The molecule has 0 spiro atoms. The van der Waals surface area contributed by atoms with E-state index in [1.807, 2.05) is 0 Å². The average molecular weight is 227 g/mol. The van der Waals surface area contributed by atoms with Crippen LogP contribution in [0.5, 0.6) is 11.5 Å². The number of halogens is 4. The van der Waals surface area contributed by atoms with Crippen molar-refractivity contribution in [1.82, 2.24) is 0 Å². The Balaban J connectivity index is 3.28. The van der Waals surface area contributed by atoms with E-state index in [2.05, 4.69) is 4.74 Å². The smallest absolute Gasteiger partial charge is 0.416 e. The Morgan fingerprint density at radius 2 is 1.93 bits per heavy atom. The highest BCUT2D eigenvalue weighted by Gasteiger charge is 2.32. The molecule has 6 heteroatoms. The topological polar surface area (TPSA) is 29.5 Å². The maximum atomic E-state index is 12.2. The Morgan fingerprint density at radius 1 is 1.36 bits per heavy atom. The summed E-state index contributed by atoms with van der Waals surface area (Å²) >= 11 is 5.46. The Kier molecular flexibility index (Phi) is 2.80. The van der Waals surface area contributed by atoms with E-state index in [0.717, 1.165) is 0 Å². The summed E-state index contributed by atoms with van der Waals surface area (Å²) in [6.07, 6.45) is -4.53. The summed E-state index contributed by atoms with van der Waals surface area (Å²) in [5, 5.41) is 8.85.